The number of imide groups is 1. The fraction of sp³-hybridized carbons (Fsp3) is 0.812. The highest BCUT2D eigenvalue weighted by Crippen LogP contribution is 2.37. The number of nitrogens with one attached hydrogen (secondary N) is 2. The lowest BCUT2D eigenvalue weighted by Crippen LogP contribution is -2.53. The van der Waals surface area contributed by atoms with Crippen molar-refractivity contribution < 1.29 is 14.4 Å². The second-order valence-corrected chi connectivity index (χ2v) is 7.39. The van der Waals surface area contributed by atoms with Crippen molar-refractivity contribution in [3.8, 4) is 0 Å². The first-order valence-corrected chi connectivity index (χ1v) is 8.38. The summed E-state index contributed by atoms with van der Waals surface area (Å²) in [5.41, 5.74) is 4.22. The van der Waals surface area contributed by atoms with Crippen LogP contribution in [0.1, 0.15) is 52.9 Å². The zero-order chi connectivity index (χ0) is 17.3. The minimum absolute atomic E-state index is 0.257. The maximum absolute atomic E-state index is 12.7. The van der Waals surface area contributed by atoms with E-state index >= 15 is 0 Å². The minimum atomic E-state index is -0.799. The van der Waals surface area contributed by atoms with Gasteiger partial charge in [-0.3, -0.25) is 14.5 Å². The van der Waals surface area contributed by atoms with Gasteiger partial charge in [-0.1, -0.05) is 13.3 Å². The Labute approximate surface area is 137 Å². The van der Waals surface area contributed by atoms with Gasteiger partial charge in [-0.2, -0.15) is 0 Å². The summed E-state index contributed by atoms with van der Waals surface area (Å²) in [5.74, 6) is -0.0194. The molecule has 4 N–H and O–H groups in total. The number of hydrogen-bond donors (Lipinski definition) is 3. The van der Waals surface area contributed by atoms with E-state index in [1.165, 1.54) is 0 Å². The summed E-state index contributed by atoms with van der Waals surface area (Å²) < 4.78 is 0. The summed E-state index contributed by atoms with van der Waals surface area (Å²) in [5, 5.41) is 5.57. The molecule has 7 heteroatoms. The van der Waals surface area contributed by atoms with Crippen LogP contribution in [0.4, 0.5) is 4.79 Å². The van der Waals surface area contributed by atoms with Crippen molar-refractivity contribution in [1.82, 2.24) is 15.5 Å². The number of hydrogen-bond acceptors (Lipinski definition) is 4. The van der Waals surface area contributed by atoms with Crippen molar-refractivity contribution in [1.29, 1.82) is 0 Å². The first-order valence-electron chi connectivity index (χ1n) is 8.38. The number of urea groups is 1. The van der Waals surface area contributed by atoms with E-state index in [1.54, 1.807) is 13.8 Å². The normalized spacial score (nSPS) is 28.2. The molecule has 4 amide bonds. The molecular weight excluding hydrogens is 296 g/mol. The molecule has 2 fully saturated rings. The largest absolute Gasteiger partial charge is 0.348 e. The Morgan fingerprint density at radius 2 is 2.00 bits per heavy atom. The first-order chi connectivity index (χ1) is 10.7. The van der Waals surface area contributed by atoms with Crippen molar-refractivity contribution in [3.05, 3.63) is 0 Å². The van der Waals surface area contributed by atoms with Crippen molar-refractivity contribution in [2.45, 2.75) is 64.0 Å². The van der Waals surface area contributed by atoms with Crippen molar-refractivity contribution in [2.75, 3.05) is 13.1 Å². The van der Waals surface area contributed by atoms with Gasteiger partial charge in [0.2, 0.25) is 5.91 Å². The monoisotopic (exact) mass is 324 g/mol. The third-order valence-electron chi connectivity index (χ3n) is 5.07. The Morgan fingerprint density at radius 1 is 1.39 bits per heavy atom. The highest BCUT2D eigenvalue weighted by Gasteiger charge is 2.52. The maximum atomic E-state index is 12.7. The fourth-order valence-electron chi connectivity index (χ4n) is 3.35. The summed E-state index contributed by atoms with van der Waals surface area (Å²) in [4.78, 5) is 38.0. The van der Waals surface area contributed by atoms with Crippen LogP contribution in [0.5, 0.6) is 0 Å². The summed E-state index contributed by atoms with van der Waals surface area (Å²) in [7, 11) is 0. The van der Waals surface area contributed by atoms with Crippen LogP contribution in [0, 0.1) is 5.92 Å². The molecule has 7 nitrogen and oxygen atoms in total. The maximum Gasteiger partial charge on any atom is 0.325 e. The SMILES string of the molecule is CCC1CCC2(CC1)NC(=O)N(CC(=O)NC(C)(C)CN)C2=O. The average Bonchev–Trinajstić information content (AvgIpc) is 2.72. The molecule has 0 aromatic heterocycles. The Morgan fingerprint density at radius 3 is 2.52 bits per heavy atom. The second kappa shape index (κ2) is 6.47. The quantitative estimate of drug-likeness (QED) is 0.648. The predicted octanol–water partition coefficient (Wildman–Crippen LogP) is 0.731. The molecule has 130 valence electrons. The Bertz CT molecular complexity index is 496. The zero-order valence-corrected chi connectivity index (χ0v) is 14.3. The van der Waals surface area contributed by atoms with Crippen LogP contribution < -0.4 is 16.4 Å². The topological polar surface area (TPSA) is 105 Å². The lowest BCUT2D eigenvalue weighted by Gasteiger charge is -2.34. The molecule has 1 heterocycles. The molecule has 0 aromatic carbocycles. The van der Waals surface area contributed by atoms with Gasteiger partial charge >= 0.3 is 6.03 Å². The minimum Gasteiger partial charge on any atom is -0.348 e. The van der Waals surface area contributed by atoms with Crippen molar-refractivity contribution in [3.63, 3.8) is 0 Å². The summed E-state index contributed by atoms with van der Waals surface area (Å²) >= 11 is 0. The third kappa shape index (κ3) is 3.65. The molecule has 23 heavy (non-hydrogen) atoms. The lowest BCUT2D eigenvalue weighted by atomic mass is 9.75. The van der Waals surface area contributed by atoms with E-state index in [2.05, 4.69) is 17.6 Å². The summed E-state index contributed by atoms with van der Waals surface area (Å²) in [6, 6.07) is -0.467. The molecule has 0 bridgehead atoms. The van der Waals surface area contributed by atoms with Gasteiger partial charge in [-0.15, -0.1) is 0 Å². The van der Waals surface area contributed by atoms with Gasteiger partial charge in [0, 0.05) is 12.1 Å². The Kier molecular flexibility index (Phi) is 4.98. The van der Waals surface area contributed by atoms with E-state index in [9.17, 15) is 14.4 Å². The Hall–Kier alpha value is -1.63. The highest BCUT2D eigenvalue weighted by molar-refractivity contribution is 6.09. The molecule has 0 unspecified atom stereocenters. The number of amides is 4. The molecule has 0 atom stereocenters. The van der Waals surface area contributed by atoms with Crippen LogP contribution in [0.3, 0.4) is 0 Å². The highest BCUT2D eigenvalue weighted by atomic mass is 16.2. The van der Waals surface area contributed by atoms with Gasteiger partial charge in [-0.05, 0) is 45.4 Å². The number of nitrogens with zero attached hydrogens (tertiary/aromatic N) is 1. The van der Waals surface area contributed by atoms with Crippen LogP contribution >= 0.6 is 0 Å². The van der Waals surface area contributed by atoms with Crippen molar-refractivity contribution >= 4 is 17.8 Å². The van der Waals surface area contributed by atoms with Gasteiger partial charge in [0.05, 0.1) is 0 Å². The predicted molar refractivity (Wildman–Crippen MR) is 86.5 cm³/mol. The number of carbonyl (C=O) groups excluding carboxylic acids is 3. The van der Waals surface area contributed by atoms with E-state index in [0.29, 0.717) is 18.8 Å². The molecule has 2 rings (SSSR count). The molecule has 1 aliphatic carbocycles. The molecule has 1 saturated heterocycles. The van der Waals surface area contributed by atoms with Crippen LogP contribution in [-0.4, -0.2) is 46.9 Å². The van der Waals surface area contributed by atoms with E-state index < -0.39 is 17.1 Å². The molecule has 1 spiro atoms. The number of carbonyl (C=O) groups is 3. The standard InChI is InChI=1S/C16H28N4O3/c1-4-11-5-7-16(8-6-11)13(22)20(14(23)19-16)9-12(21)18-15(2,3)10-17/h11H,4-10,17H2,1-3H3,(H,18,21)(H,19,23). The van der Waals surface area contributed by atoms with Crippen molar-refractivity contribution in [2.24, 2.45) is 11.7 Å². The van der Waals surface area contributed by atoms with E-state index in [-0.39, 0.29) is 24.9 Å². The average molecular weight is 324 g/mol. The molecule has 2 aliphatic rings. The molecule has 1 saturated carbocycles. The molecule has 0 aromatic rings. The molecule has 0 radical (unpaired) electrons. The van der Waals surface area contributed by atoms with Gasteiger partial charge in [-0.25, -0.2) is 4.79 Å². The van der Waals surface area contributed by atoms with Gasteiger partial charge < -0.3 is 16.4 Å². The first kappa shape index (κ1) is 17.7. The van der Waals surface area contributed by atoms with Crippen LogP contribution in [-0.2, 0) is 9.59 Å². The summed E-state index contributed by atoms with van der Waals surface area (Å²) in [6.07, 6.45) is 4.27. The fourth-order valence-corrected chi connectivity index (χ4v) is 3.35. The molecular formula is C16H28N4O3. The number of nitrogens with two attached hydrogens (primary N) is 1. The van der Waals surface area contributed by atoms with Gasteiger partial charge in [0.15, 0.2) is 0 Å². The van der Waals surface area contributed by atoms with Crippen LogP contribution in [0.2, 0.25) is 0 Å². The smallest absolute Gasteiger partial charge is 0.325 e. The van der Waals surface area contributed by atoms with Gasteiger partial charge in [0.1, 0.15) is 12.1 Å². The lowest BCUT2D eigenvalue weighted by molar-refractivity contribution is -0.136. The number of rotatable bonds is 5. The molecule has 1 aliphatic heterocycles. The van der Waals surface area contributed by atoms with E-state index in [1.807, 2.05) is 0 Å². The summed E-state index contributed by atoms with van der Waals surface area (Å²) in [6.45, 7) is 5.76. The third-order valence-corrected chi connectivity index (χ3v) is 5.07. The van der Waals surface area contributed by atoms with Gasteiger partial charge in [0.25, 0.3) is 5.91 Å². The van der Waals surface area contributed by atoms with E-state index in [4.69, 9.17) is 5.73 Å². The van der Waals surface area contributed by atoms with Crippen LogP contribution in [0.25, 0.3) is 0 Å². The van der Waals surface area contributed by atoms with Crippen LogP contribution in [0.15, 0.2) is 0 Å². The second-order valence-electron chi connectivity index (χ2n) is 7.39. The Balaban J connectivity index is 2.01. The zero-order valence-electron chi connectivity index (χ0n) is 14.3. The van der Waals surface area contributed by atoms with E-state index in [0.717, 1.165) is 24.2 Å².